The molecule has 7 heteroatoms. The Labute approximate surface area is 148 Å². The predicted molar refractivity (Wildman–Crippen MR) is 94.9 cm³/mol. The second kappa shape index (κ2) is 6.38. The molecule has 3 N–H and O–H groups in total. The van der Waals surface area contributed by atoms with E-state index in [0.29, 0.717) is 22.3 Å². The molecule has 1 unspecified atom stereocenters. The summed E-state index contributed by atoms with van der Waals surface area (Å²) >= 11 is 0. The van der Waals surface area contributed by atoms with Crippen LogP contribution in [0.2, 0.25) is 0 Å². The zero-order valence-electron chi connectivity index (χ0n) is 14.4. The van der Waals surface area contributed by atoms with E-state index in [1.165, 1.54) is 12.1 Å². The summed E-state index contributed by atoms with van der Waals surface area (Å²) in [6.45, 7) is 5.05. The number of fused-ring (bicyclic) bond motifs is 1. The molecule has 0 aliphatic heterocycles. The maximum atomic E-state index is 12.5. The Balaban J connectivity index is 2.35. The molecule has 3 rings (SSSR count). The van der Waals surface area contributed by atoms with Crippen LogP contribution in [0.1, 0.15) is 27.0 Å². The first kappa shape index (κ1) is 17.8. The number of quaternary nitrogens is 1. The maximum Gasteiger partial charge on any atom is 0.339 e. The SMILES string of the molecule is Cc1ccc(-c2cc(=O)c3cc(C)c(C)c(C(=O)O)c3o2)cc1[NH+]([O-])O. The fourth-order valence-electron chi connectivity index (χ4n) is 2.92. The van der Waals surface area contributed by atoms with E-state index < -0.39 is 11.2 Å². The predicted octanol–water partition coefficient (Wildman–Crippen LogP) is 2.49. The van der Waals surface area contributed by atoms with Crippen LogP contribution in [-0.2, 0) is 0 Å². The lowest BCUT2D eigenvalue weighted by atomic mass is 9.99. The molecular formula is C19H17NO6. The van der Waals surface area contributed by atoms with Crippen LogP contribution in [0, 0.1) is 26.0 Å². The lowest BCUT2D eigenvalue weighted by Gasteiger charge is -2.15. The number of carboxylic acid groups (broad SMARTS) is 1. The van der Waals surface area contributed by atoms with Gasteiger partial charge < -0.3 is 14.7 Å². The number of nitrogens with one attached hydrogen (secondary N) is 1. The van der Waals surface area contributed by atoms with Crippen molar-refractivity contribution >= 4 is 22.6 Å². The molecule has 0 bridgehead atoms. The third-order valence-corrected chi connectivity index (χ3v) is 4.51. The highest BCUT2D eigenvalue weighted by molar-refractivity contribution is 6.03. The molecule has 1 atom stereocenters. The topological polar surface area (TPSA) is 115 Å². The summed E-state index contributed by atoms with van der Waals surface area (Å²) in [5.74, 6) is -1.07. The quantitative estimate of drug-likeness (QED) is 0.622. The van der Waals surface area contributed by atoms with Gasteiger partial charge in [-0.3, -0.25) is 4.79 Å². The van der Waals surface area contributed by atoms with Gasteiger partial charge in [0.15, 0.2) is 16.7 Å². The summed E-state index contributed by atoms with van der Waals surface area (Å²) in [6, 6.07) is 7.50. The van der Waals surface area contributed by atoms with E-state index in [1.807, 2.05) is 0 Å². The number of carbonyl (C=O) groups is 1. The zero-order chi connectivity index (χ0) is 19.2. The number of benzene rings is 2. The van der Waals surface area contributed by atoms with Gasteiger partial charge in [0, 0.05) is 23.3 Å². The number of aryl methyl sites for hydroxylation is 2. The molecular weight excluding hydrogens is 338 g/mol. The summed E-state index contributed by atoms with van der Waals surface area (Å²) in [6.07, 6.45) is 0. The summed E-state index contributed by atoms with van der Waals surface area (Å²) in [7, 11) is 0. The Morgan fingerprint density at radius 3 is 2.42 bits per heavy atom. The lowest BCUT2D eigenvalue weighted by Crippen LogP contribution is -2.99. The van der Waals surface area contributed by atoms with Crippen molar-refractivity contribution < 1.29 is 24.8 Å². The van der Waals surface area contributed by atoms with Gasteiger partial charge in [-0.15, -0.1) is 0 Å². The molecule has 1 heterocycles. The second-order valence-corrected chi connectivity index (χ2v) is 6.19. The van der Waals surface area contributed by atoms with Gasteiger partial charge in [0.05, 0.1) is 5.39 Å². The molecule has 1 aromatic heterocycles. The fourth-order valence-corrected chi connectivity index (χ4v) is 2.92. The molecule has 7 nitrogen and oxygen atoms in total. The fraction of sp³-hybridized carbons (Fsp3) is 0.158. The second-order valence-electron chi connectivity index (χ2n) is 6.19. The number of carboxylic acids is 1. The van der Waals surface area contributed by atoms with E-state index in [2.05, 4.69) is 0 Å². The van der Waals surface area contributed by atoms with Crippen LogP contribution >= 0.6 is 0 Å². The summed E-state index contributed by atoms with van der Waals surface area (Å²) in [5.41, 5.74) is 1.78. The first-order valence-electron chi connectivity index (χ1n) is 7.86. The van der Waals surface area contributed by atoms with Crippen LogP contribution < -0.4 is 10.7 Å². The Kier molecular flexibility index (Phi) is 4.37. The average molecular weight is 355 g/mol. The maximum absolute atomic E-state index is 12.5. The van der Waals surface area contributed by atoms with Crippen LogP contribution in [0.3, 0.4) is 0 Å². The number of aromatic carboxylic acids is 1. The van der Waals surface area contributed by atoms with Crippen LogP contribution in [0.5, 0.6) is 0 Å². The van der Waals surface area contributed by atoms with Crippen molar-refractivity contribution in [3.05, 3.63) is 68.0 Å². The van der Waals surface area contributed by atoms with Crippen LogP contribution in [-0.4, -0.2) is 16.3 Å². The molecule has 0 amide bonds. The highest BCUT2D eigenvalue weighted by Crippen LogP contribution is 2.29. The van der Waals surface area contributed by atoms with Crippen molar-refractivity contribution in [3.8, 4) is 11.3 Å². The molecule has 0 aliphatic carbocycles. The summed E-state index contributed by atoms with van der Waals surface area (Å²) in [4.78, 5) is 24.2. The van der Waals surface area contributed by atoms with E-state index in [-0.39, 0.29) is 33.4 Å². The van der Waals surface area contributed by atoms with Gasteiger partial charge in [-0.25, -0.2) is 10.0 Å². The van der Waals surface area contributed by atoms with Crippen molar-refractivity contribution in [2.75, 3.05) is 0 Å². The van der Waals surface area contributed by atoms with Crippen molar-refractivity contribution in [3.63, 3.8) is 0 Å². The molecule has 0 aliphatic rings. The molecule has 26 heavy (non-hydrogen) atoms. The van der Waals surface area contributed by atoms with Gasteiger partial charge in [-0.2, -0.15) is 5.23 Å². The van der Waals surface area contributed by atoms with Crippen molar-refractivity contribution in [2.45, 2.75) is 20.8 Å². The van der Waals surface area contributed by atoms with Gasteiger partial charge in [0.2, 0.25) is 0 Å². The molecule has 0 saturated heterocycles. The number of rotatable bonds is 3. The van der Waals surface area contributed by atoms with Crippen LogP contribution in [0.4, 0.5) is 5.69 Å². The van der Waals surface area contributed by atoms with Crippen molar-refractivity contribution in [1.82, 2.24) is 0 Å². The minimum Gasteiger partial charge on any atom is -0.595 e. The largest absolute Gasteiger partial charge is 0.595 e. The van der Waals surface area contributed by atoms with E-state index in [0.717, 1.165) is 0 Å². The van der Waals surface area contributed by atoms with Crippen LogP contribution in [0.15, 0.2) is 39.5 Å². The first-order chi connectivity index (χ1) is 12.2. The van der Waals surface area contributed by atoms with E-state index in [9.17, 15) is 25.1 Å². The minimum absolute atomic E-state index is 0.0134. The number of hydrogen-bond acceptors (Lipinski definition) is 5. The van der Waals surface area contributed by atoms with Gasteiger partial charge in [0.25, 0.3) is 0 Å². The molecule has 0 radical (unpaired) electrons. The third kappa shape index (κ3) is 2.88. The summed E-state index contributed by atoms with van der Waals surface area (Å²) in [5, 5.41) is 29.3. The lowest BCUT2D eigenvalue weighted by molar-refractivity contribution is -0.991. The Morgan fingerprint density at radius 2 is 1.81 bits per heavy atom. The zero-order valence-corrected chi connectivity index (χ0v) is 14.4. The van der Waals surface area contributed by atoms with Gasteiger partial charge in [-0.1, -0.05) is 12.1 Å². The molecule has 0 spiro atoms. The minimum atomic E-state index is -1.19. The van der Waals surface area contributed by atoms with E-state index in [1.54, 1.807) is 39.0 Å². The van der Waals surface area contributed by atoms with Crippen LogP contribution in [0.25, 0.3) is 22.3 Å². The summed E-state index contributed by atoms with van der Waals surface area (Å²) < 4.78 is 5.76. The number of hydrogen-bond donors (Lipinski definition) is 3. The molecule has 0 saturated carbocycles. The molecule has 3 aromatic rings. The monoisotopic (exact) mass is 355 g/mol. The average Bonchev–Trinajstić information content (AvgIpc) is 2.56. The highest BCUT2D eigenvalue weighted by atomic mass is 16.8. The standard InChI is InChI=1S/C19H17NO6/c1-9-4-5-12(7-14(9)20(24)25)16-8-15(21)13-6-10(2)11(3)17(19(22)23)18(13)26-16/h4-8,20,24H,1-3H3,(H,22,23). The molecule has 0 fully saturated rings. The van der Waals surface area contributed by atoms with Crippen molar-refractivity contribution in [2.24, 2.45) is 0 Å². The molecule has 2 aromatic carbocycles. The Hall–Kier alpha value is -3.00. The smallest absolute Gasteiger partial charge is 0.339 e. The van der Waals surface area contributed by atoms with E-state index in [4.69, 9.17) is 4.42 Å². The van der Waals surface area contributed by atoms with Crippen molar-refractivity contribution in [1.29, 1.82) is 0 Å². The van der Waals surface area contributed by atoms with Gasteiger partial charge in [0.1, 0.15) is 11.3 Å². The Bertz CT molecular complexity index is 1100. The van der Waals surface area contributed by atoms with Gasteiger partial charge in [-0.05, 0) is 38.0 Å². The first-order valence-corrected chi connectivity index (χ1v) is 7.86. The van der Waals surface area contributed by atoms with E-state index >= 15 is 0 Å². The normalized spacial score (nSPS) is 12.3. The third-order valence-electron chi connectivity index (χ3n) is 4.51. The molecule has 134 valence electrons. The highest BCUT2D eigenvalue weighted by Gasteiger charge is 2.20. The Morgan fingerprint density at radius 1 is 1.12 bits per heavy atom. The van der Waals surface area contributed by atoms with Gasteiger partial charge >= 0.3 is 5.97 Å².